The third-order valence-electron chi connectivity index (χ3n) is 0.490. The van der Waals surface area contributed by atoms with Gasteiger partial charge in [0.05, 0.1) is 0 Å². The summed E-state index contributed by atoms with van der Waals surface area (Å²) in [6.45, 7) is 0. The van der Waals surface area contributed by atoms with Crippen LogP contribution in [0, 0.1) is 0 Å². The first-order chi connectivity index (χ1) is 3.00. The summed E-state index contributed by atoms with van der Waals surface area (Å²) in [5.41, 5.74) is 2.52. The molecule has 0 aromatic carbocycles. The Hall–Kier alpha value is -0.297. The van der Waals surface area contributed by atoms with Crippen LogP contribution >= 0.6 is 0 Å². The van der Waals surface area contributed by atoms with E-state index in [1.165, 1.54) is 0 Å². The zero-order chi connectivity index (χ0) is 4.24. The molecule has 0 aromatic heterocycles. The molecule has 7 heavy (non-hydrogen) atoms. The van der Waals surface area contributed by atoms with Crippen LogP contribution in [0.25, 0.3) is 0 Å². The van der Waals surface area contributed by atoms with Crippen molar-refractivity contribution in [2.24, 2.45) is 0 Å². The number of nitrogens with one attached hydrogen (secondary N) is 1. The second kappa shape index (κ2) is 3.88. The number of hydroxylamine groups is 1. The predicted molar refractivity (Wildman–Crippen MR) is 22.5 cm³/mol. The van der Waals surface area contributed by atoms with Gasteiger partial charge in [0.15, 0.2) is 0 Å². The van der Waals surface area contributed by atoms with Gasteiger partial charge in [-0.05, 0) is 12.2 Å². The van der Waals surface area contributed by atoms with E-state index in [1.54, 1.807) is 18.5 Å². The Morgan fingerprint density at radius 3 is 2.29 bits per heavy atom. The van der Waals surface area contributed by atoms with E-state index in [9.17, 15) is 0 Å². The fraction of sp³-hybridized carbons (Fsp3) is 0. The van der Waals surface area contributed by atoms with E-state index in [4.69, 9.17) is 0 Å². The normalized spacial score (nSPS) is 13.7. The van der Waals surface area contributed by atoms with Crippen molar-refractivity contribution < 1.29 is 24.3 Å². The Morgan fingerprint density at radius 1 is 1.29 bits per heavy atom. The van der Waals surface area contributed by atoms with Gasteiger partial charge in [0.25, 0.3) is 0 Å². The van der Waals surface area contributed by atoms with Crippen molar-refractivity contribution >= 4 is 0 Å². The molecular weight excluding hydrogens is 143 g/mol. The topological polar surface area (TPSA) is 21.3 Å². The van der Waals surface area contributed by atoms with Gasteiger partial charge >= 0.3 is 0 Å². The number of hydrogen-bond acceptors (Lipinski definition) is 2. The monoisotopic (exact) mass is 147 g/mol. The minimum atomic E-state index is 0. The second-order valence-corrected chi connectivity index (χ2v) is 0.923. The molecule has 2 nitrogen and oxygen atoms in total. The maximum Gasteiger partial charge on any atom is 0.119 e. The van der Waals surface area contributed by atoms with Crippen molar-refractivity contribution in [3.63, 3.8) is 0 Å². The van der Waals surface area contributed by atoms with Gasteiger partial charge in [-0.1, -0.05) is 0 Å². The van der Waals surface area contributed by atoms with Crippen molar-refractivity contribution in [3.05, 3.63) is 24.6 Å². The molecule has 0 saturated heterocycles. The minimum absolute atomic E-state index is 0. The molecule has 1 rings (SSSR count). The smallest absolute Gasteiger partial charge is 0.119 e. The molecule has 0 atom stereocenters. The van der Waals surface area contributed by atoms with Gasteiger partial charge in [0.2, 0.25) is 0 Å². The molecule has 0 aliphatic carbocycles. The fourth-order valence-electron chi connectivity index (χ4n) is 0.258. The maximum absolute atomic E-state index is 4.55. The average molecular weight is 148 g/mol. The summed E-state index contributed by atoms with van der Waals surface area (Å²) < 4.78 is 0. The fourth-order valence-corrected chi connectivity index (χ4v) is 0.258. The first-order valence-electron chi connectivity index (χ1n) is 1.73. The summed E-state index contributed by atoms with van der Waals surface area (Å²) in [5, 5.41) is 0. The molecule has 0 bridgehead atoms. The molecule has 1 aliphatic rings. The van der Waals surface area contributed by atoms with E-state index in [2.05, 4.69) is 10.3 Å². The SMILES string of the molecule is C1=CNOC=C1.[Zn]. The Bertz CT molecular complexity index is 77.7. The summed E-state index contributed by atoms with van der Waals surface area (Å²) in [7, 11) is 0. The third-order valence-corrected chi connectivity index (χ3v) is 0.490. The van der Waals surface area contributed by atoms with Gasteiger partial charge in [-0.2, -0.15) is 0 Å². The van der Waals surface area contributed by atoms with Crippen molar-refractivity contribution in [3.8, 4) is 0 Å². The molecule has 1 heterocycles. The summed E-state index contributed by atoms with van der Waals surface area (Å²) in [4.78, 5) is 4.55. The first kappa shape index (κ1) is 6.70. The molecule has 1 aliphatic heterocycles. The van der Waals surface area contributed by atoms with Crippen LogP contribution in [-0.4, -0.2) is 0 Å². The van der Waals surface area contributed by atoms with Crippen molar-refractivity contribution in [2.45, 2.75) is 0 Å². The Balaban J connectivity index is 0.000000360. The quantitative estimate of drug-likeness (QED) is 0.507. The van der Waals surface area contributed by atoms with Crippen LogP contribution in [0.5, 0.6) is 0 Å². The van der Waals surface area contributed by atoms with Crippen LogP contribution in [0.1, 0.15) is 0 Å². The Morgan fingerprint density at radius 2 is 2.14 bits per heavy atom. The first-order valence-corrected chi connectivity index (χ1v) is 1.73. The molecule has 0 spiro atoms. The van der Waals surface area contributed by atoms with Gasteiger partial charge < -0.3 is 4.84 Å². The summed E-state index contributed by atoms with van der Waals surface area (Å²) in [6, 6.07) is 0. The molecule has 34 valence electrons. The van der Waals surface area contributed by atoms with Gasteiger partial charge in [0.1, 0.15) is 6.26 Å². The van der Waals surface area contributed by atoms with Crippen LogP contribution in [-0.2, 0) is 24.3 Å². The van der Waals surface area contributed by atoms with Crippen molar-refractivity contribution in [2.75, 3.05) is 0 Å². The van der Waals surface area contributed by atoms with Gasteiger partial charge in [-0.15, -0.1) is 0 Å². The van der Waals surface area contributed by atoms with Crippen molar-refractivity contribution in [1.29, 1.82) is 0 Å². The van der Waals surface area contributed by atoms with E-state index in [0.29, 0.717) is 0 Å². The van der Waals surface area contributed by atoms with Gasteiger partial charge in [-0.3, -0.25) is 0 Å². The maximum atomic E-state index is 4.55. The van der Waals surface area contributed by atoms with E-state index in [1.807, 2.05) is 6.08 Å². The average Bonchev–Trinajstić information content (AvgIpc) is 1.72. The van der Waals surface area contributed by atoms with Gasteiger partial charge in [0, 0.05) is 25.7 Å². The van der Waals surface area contributed by atoms with E-state index in [0.717, 1.165) is 0 Å². The Labute approximate surface area is 54.9 Å². The van der Waals surface area contributed by atoms with Crippen LogP contribution in [0.15, 0.2) is 24.6 Å². The molecule has 0 aromatic rings. The van der Waals surface area contributed by atoms with Crippen molar-refractivity contribution in [1.82, 2.24) is 5.48 Å². The summed E-state index contributed by atoms with van der Waals surface area (Å²) in [5.74, 6) is 0. The van der Waals surface area contributed by atoms with Gasteiger partial charge in [-0.25, -0.2) is 5.48 Å². The van der Waals surface area contributed by atoms with Crippen LogP contribution in [0.4, 0.5) is 0 Å². The number of hydrogen-bond donors (Lipinski definition) is 1. The summed E-state index contributed by atoms with van der Waals surface area (Å²) >= 11 is 0. The standard InChI is InChI=1S/C4H5NO.Zn/c1-2-4-6-5-3-1;/h1-5H;. The third kappa shape index (κ3) is 2.40. The second-order valence-electron chi connectivity index (χ2n) is 0.923. The molecule has 0 saturated carbocycles. The van der Waals surface area contributed by atoms with E-state index >= 15 is 0 Å². The number of rotatable bonds is 0. The zero-order valence-electron chi connectivity index (χ0n) is 3.92. The Kier molecular flexibility index (Phi) is 3.71. The number of allylic oxidation sites excluding steroid dienone is 2. The molecule has 0 radical (unpaired) electrons. The largest absolute Gasteiger partial charge is 0.391 e. The molecule has 3 heteroatoms. The molecule has 0 fully saturated rings. The van der Waals surface area contributed by atoms with Crippen LogP contribution in [0.3, 0.4) is 0 Å². The van der Waals surface area contributed by atoms with Crippen LogP contribution < -0.4 is 5.48 Å². The van der Waals surface area contributed by atoms with E-state index in [-0.39, 0.29) is 19.5 Å². The predicted octanol–water partition coefficient (Wildman–Crippen LogP) is 0.546. The van der Waals surface area contributed by atoms with E-state index < -0.39 is 0 Å². The zero-order valence-corrected chi connectivity index (χ0v) is 6.89. The minimum Gasteiger partial charge on any atom is -0.391 e. The molecular formula is C4H5NOZn. The molecule has 1 N–H and O–H groups in total. The van der Waals surface area contributed by atoms with Crippen LogP contribution in [0.2, 0.25) is 0 Å². The summed E-state index contributed by atoms with van der Waals surface area (Å²) in [6.07, 6.45) is 6.93. The molecule has 0 amide bonds. The molecule has 0 unspecified atom stereocenters.